The number of likely N-dealkylation sites (N-methyl/N-ethyl adjacent to an activating group) is 1. The van der Waals surface area contributed by atoms with Crippen molar-refractivity contribution in [2.45, 2.75) is 12.4 Å². The first kappa shape index (κ1) is 19.5. The van der Waals surface area contributed by atoms with Crippen LogP contribution in [0.15, 0.2) is 59.8 Å². The van der Waals surface area contributed by atoms with Crippen molar-refractivity contribution in [3.63, 3.8) is 0 Å². The Morgan fingerprint density at radius 3 is 2.46 bits per heavy atom. The number of carbonyl (C=O) groups is 1. The molecule has 1 heterocycles. The van der Waals surface area contributed by atoms with Gasteiger partial charge in [-0.2, -0.15) is 13.2 Å². The Labute approximate surface area is 159 Å². The topological polar surface area (TPSA) is 63.2 Å². The largest absolute Gasteiger partial charge is 0.492 e. The van der Waals surface area contributed by atoms with E-state index in [9.17, 15) is 18.0 Å². The number of ether oxygens (including phenoxy) is 1. The Kier molecular flexibility index (Phi) is 5.72. The maximum absolute atomic E-state index is 12.6. The van der Waals surface area contributed by atoms with Crippen molar-refractivity contribution in [1.82, 2.24) is 10.2 Å². The lowest BCUT2D eigenvalue weighted by molar-refractivity contribution is -0.218. The number of nitrogens with zero attached hydrogens (tertiary/aromatic N) is 2. The molecule has 1 amide bonds. The molecule has 0 bridgehead atoms. The lowest BCUT2D eigenvalue weighted by Crippen LogP contribution is -2.41. The molecular weight excluding hydrogens is 375 g/mol. The quantitative estimate of drug-likeness (QED) is 0.820. The second-order valence-electron chi connectivity index (χ2n) is 6.08. The highest BCUT2D eigenvalue weighted by molar-refractivity contribution is 6.00. The van der Waals surface area contributed by atoms with E-state index in [0.717, 1.165) is 5.75 Å². The molecule has 2 aromatic rings. The molecule has 0 saturated heterocycles. The second-order valence-corrected chi connectivity index (χ2v) is 6.08. The third-order valence-electron chi connectivity index (χ3n) is 4.01. The molecule has 0 spiro atoms. The third-order valence-corrected chi connectivity index (χ3v) is 4.01. The zero-order valence-corrected chi connectivity index (χ0v) is 14.9. The molecule has 1 aliphatic rings. The number of halogens is 3. The van der Waals surface area contributed by atoms with Gasteiger partial charge in [-0.3, -0.25) is 4.79 Å². The van der Waals surface area contributed by atoms with Crippen LogP contribution in [0.1, 0.15) is 15.9 Å². The number of benzene rings is 2. The van der Waals surface area contributed by atoms with Crippen molar-refractivity contribution in [1.29, 1.82) is 0 Å². The molecule has 3 rings (SSSR count). The summed E-state index contributed by atoms with van der Waals surface area (Å²) >= 11 is 0. The summed E-state index contributed by atoms with van der Waals surface area (Å²) in [7, 11) is 1.65. The summed E-state index contributed by atoms with van der Waals surface area (Å²) in [6, 6.07) is 15.3. The van der Waals surface area contributed by atoms with Crippen molar-refractivity contribution in [3.8, 4) is 5.75 Å². The van der Waals surface area contributed by atoms with Crippen LogP contribution in [0, 0.1) is 0 Å². The van der Waals surface area contributed by atoms with Gasteiger partial charge in [0.1, 0.15) is 12.4 Å². The molecule has 6 nitrogen and oxygen atoms in total. The van der Waals surface area contributed by atoms with Gasteiger partial charge in [-0.15, -0.1) is 0 Å². The summed E-state index contributed by atoms with van der Waals surface area (Å²) in [6.45, 7) is 0.714. The molecule has 28 heavy (non-hydrogen) atoms. The Balaban J connectivity index is 1.53. The zero-order chi connectivity index (χ0) is 20.1. The minimum Gasteiger partial charge on any atom is -0.492 e. The Hall–Kier alpha value is -3.23. The van der Waals surface area contributed by atoms with E-state index in [-0.39, 0.29) is 11.7 Å². The Morgan fingerprint density at radius 2 is 1.86 bits per heavy atom. The lowest BCUT2D eigenvalue weighted by Gasteiger charge is -2.18. The Morgan fingerprint density at radius 1 is 1.18 bits per heavy atom. The molecule has 0 aromatic heterocycles. The van der Waals surface area contributed by atoms with Gasteiger partial charge < -0.3 is 19.8 Å². The van der Waals surface area contributed by atoms with Crippen LogP contribution in [-0.4, -0.2) is 49.2 Å². The lowest BCUT2D eigenvalue weighted by atomic mass is 10.1. The molecule has 0 saturated carbocycles. The molecule has 1 N–H and O–H groups in total. The first-order valence-electron chi connectivity index (χ1n) is 8.45. The predicted octanol–water partition coefficient (Wildman–Crippen LogP) is 3.01. The van der Waals surface area contributed by atoms with Crippen LogP contribution in [0.4, 0.5) is 13.2 Å². The van der Waals surface area contributed by atoms with Crippen molar-refractivity contribution < 1.29 is 27.5 Å². The first-order valence-corrected chi connectivity index (χ1v) is 8.45. The molecule has 1 atom stereocenters. The zero-order valence-electron chi connectivity index (χ0n) is 14.9. The molecule has 0 aliphatic carbocycles. The van der Waals surface area contributed by atoms with Crippen molar-refractivity contribution in [2.75, 3.05) is 20.2 Å². The van der Waals surface area contributed by atoms with Crippen LogP contribution in [-0.2, 0) is 4.84 Å². The van der Waals surface area contributed by atoms with Crippen LogP contribution in [0.25, 0.3) is 0 Å². The number of amides is 1. The number of rotatable bonds is 6. The van der Waals surface area contributed by atoms with Crippen molar-refractivity contribution in [2.24, 2.45) is 5.16 Å². The van der Waals surface area contributed by atoms with E-state index in [2.05, 4.69) is 15.3 Å². The minimum absolute atomic E-state index is 0.0362. The molecule has 148 valence electrons. The first-order chi connectivity index (χ1) is 13.3. The molecule has 9 heteroatoms. The standard InChI is InChI=1S/C19H18F3N3O3/c1-25(11-12-27-15-5-3-2-4-6-15)17(26)14-9-7-13(8-10-14)16-23-18(28-24-16)19(20,21)22/h2-10,18H,11-12H2,1H3,(H,23,24). The monoisotopic (exact) mass is 393 g/mol. The van der Waals surface area contributed by atoms with Gasteiger partial charge in [0, 0.05) is 18.2 Å². The number of alkyl halides is 3. The number of amidine groups is 1. The molecule has 1 unspecified atom stereocenters. The van der Waals surface area contributed by atoms with Gasteiger partial charge >= 0.3 is 6.18 Å². The van der Waals surface area contributed by atoms with Crippen molar-refractivity contribution >= 4 is 11.7 Å². The van der Waals surface area contributed by atoms with Gasteiger partial charge in [0.25, 0.3) is 12.1 Å². The van der Waals surface area contributed by atoms with E-state index >= 15 is 0 Å². The number of nitrogens with one attached hydrogen (secondary N) is 1. The number of hydrogen-bond acceptors (Lipinski definition) is 5. The smallest absolute Gasteiger partial charge is 0.448 e. The van der Waals surface area contributed by atoms with E-state index in [1.807, 2.05) is 30.3 Å². The van der Waals surface area contributed by atoms with Crippen LogP contribution >= 0.6 is 0 Å². The van der Waals surface area contributed by atoms with Crippen molar-refractivity contribution in [3.05, 3.63) is 65.7 Å². The summed E-state index contributed by atoms with van der Waals surface area (Å²) in [5.41, 5.74) is 0.788. The van der Waals surface area contributed by atoms with E-state index in [4.69, 9.17) is 4.74 Å². The average molecular weight is 393 g/mol. The summed E-state index contributed by atoms with van der Waals surface area (Å²) in [6.07, 6.45) is -6.73. The summed E-state index contributed by atoms with van der Waals surface area (Å²) in [5, 5.41) is 5.56. The molecule has 0 radical (unpaired) electrons. The van der Waals surface area contributed by atoms with E-state index in [1.54, 1.807) is 7.05 Å². The fourth-order valence-electron chi connectivity index (χ4n) is 2.47. The van der Waals surface area contributed by atoms with Gasteiger partial charge in [-0.1, -0.05) is 35.5 Å². The molecule has 0 fully saturated rings. The number of hydrogen-bond donors (Lipinski definition) is 1. The summed E-state index contributed by atoms with van der Waals surface area (Å²) < 4.78 is 43.4. The maximum atomic E-state index is 12.6. The number of oxime groups is 1. The number of carbonyl (C=O) groups excluding carboxylic acids is 1. The normalized spacial score (nSPS) is 16.0. The molecular formula is C19H18F3N3O3. The second kappa shape index (κ2) is 8.20. The Bertz CT molecular complexity index is 839. The van der Waals surface area contributed by atoms with Crippen LogP contribution in [0.2, 0.25) is 0 Å². The highest BCUT2D eigenvalue weighted by Gasteiger charge is 2.45. The van der Waals surface area contributed by atoms with E-state index in [1.165, 1.54) is 29.2 Å². The fraction of sp³-hybridized carbons (Fsp3) is 0.263. The van der Waals surface area contributed by atoms with Gasteiger partial charge in [-0.25, -0.2) is 0 Å². The van der Waals surface area contributed by atoms with Crippen LogP contribution in [0.3, 0.4) is 0 Å². The van der Waals surface area contributed by atoms with Gasteiger partial charge in [0.15, 0.2) is 5.84 Å². The highest BCUT2D eigenvalue weighted by Crippen LogP contribution is 2.24. The third kappa shape index (κ3) is 4.73. The summed E-state index contributed by atoms with van der Waals surface area (Å²) in [4.78, 5) is 18.3. The molecule has 2 aromatic carbocycles. The maximum Gasteiger partial charge on any atom is 0.448 e. The number of para-hydroxylation sites is 1. The fourth-order valence-corrected chi connectivity index (χ4v) is 2.47. The van der Waals surface area contributed by atoms with E-state index in [0.29, 0.717) is 24.3 Å². The minimum atomic E-state index is -4.56. The van der Waals surface area contributed by atoms with Crippen LogP contribution in [0.5, 0.6) is 5.75 Å². The van der Waals surface area contributed by atoms with Crippen LogP contribution < -0.4 is 10.1 Å². The average Bonchev–Trinajstić information content (AvgIpc) is 3.19. The highest BCUT2D eigenvalue weighted by atomic mass is 19.4. The molecule has 1 aliphatic heterocycles. The summed E-state index contributed by atoms with van der Waals surface area (Å²) in [5.74, 6) is 0.455. The van der Waals surface area contributed by atoms with Gasteiger partial charge in [-0.05, 0) is 24.3 Å². The predicted molar refractivity (Wildman–Crippen MR) is 95.9 cm³/mol. The van der Waals surface area contributed by atoms with Gasteiger partial charge in [0.05, 0.1) is 6.54 Å². The van der Waals surface area contributed by atoms with E-state index < -0.39 is 12.4 Å². The van der Waals surface area contributed by atoms with Gasteiger partial charge in [0.2, 0.25) is 0 Å². The SMILES string of the molecule is CN(CCOc1ccccc1)C(=O)c1ccc(C2=NOC(C(F)(F)F)N2)cc1.